The van der Waals surface area contributed by atoms with Crippen molar-refractivity contribution < 1.29 is 14.3 Å². The van der Waals surface area contributed by atoms with Crippen molar-refractivity contribution in [2.45, 2.75) is 6.04 Å². The van der Waals surface area contributed by atoms with E-state index in [1.165, 1.54) is 0 Å². The molecule has 0 spiro atoms. The Kier molecular flexibility index (Phi) is 2.10. The molecule has 0 amide bonds. The molecular formula is C10H7NO3. The quantitative estimate of drug-likeness (QED) is 0.388. The lowest BCUT2D eigenvalue weighted by Gasteiger charge is -1.97. The minimum Gasteiger partial charge on any atom is -0.405 e. The molecule has 4 heteroatoms. The molecule has 2 rings (SSSR count). The summed E-state index contributed by atoms with van der Waals surface area (Å²) >= 11 is 0. The number of aldehydes is 1. The van der Waals surface area contributed by atoms with Crippen molar-refractivity contribution in [3.8, 4) is 0 Å². The van der Waals surface area contributed by atoms with Crippen LogP contribution < -0.4 is 0 Å². The van der Waals surface area contributed by atoms with Gasteiger partial charge in [0.15, 0.2) is 6.29 Å². The van der Waals surface area contributed by atoms with Crippen LogP contribution in [0.1, 0.15) is 5.56 Å². The van der Waals surface area contributed by atoms with Gasteiger partial charge >= 0.3 is 5.97 Å². The van der Waals surface area contributed by atoms with E-state index in [-0.39, 0.29) is 5.90 Å². The first-order valence-electron chi connectivity index (χ1n) is 4.11. The Morgan fingerprint density at radius 3 is 2.57 bits per heavy atom. The summed E-state index contributed by atoms with van der Waals surface area (Å²) in [7, 11) is 0. The Labute approximate surface area is 80.2 Å². The molecule has 70 valence electrons. The number of hydrogen-bond donors (Lipinski definition) is 0. The Balaban J connectivity index is 2.30. The predicted molar refractivity (Wildman–Crippen MR) is 48.9 cm³/mol. The second-order valence-corrected chi connectivity index (χ2v) is 2.80. The number of carbonyl (C=O) groups is 2. The van der Waals surface area contributed by atoms with E-state index in [1.54, 1.807) is 24.3 Å². The summed E-state index contributed by atoms with van der Waals surface area (Å²) in [6, 6.07) is 7.99. The van der Waals surface area contributed by atoms with E-state index in [0.717, 1.165) is 0 Å². The zero-order valence-electron chi connectivity index (χ0n) is 7.21. The van der Waals surface area contributed by atoms with Crippen LogP contribution in [0.4, 0.5) is 0 Å². The maximum Gasteiger partial charge on any atom is 0.345 e. The largest absolute Gasteiger partial charge is 0.405 e. The van der Waals surface area contributed by atoms with Crippen LogP contribution in [-0.4, -0.2) is 24.2 Å². The van der Waals surface area contributed by atoms with Gasteiger partial charge in [-0.1, -0.05) is 18.2 Å². The zero-order valence-corrected chi connectivity index (χ0v) is 7.21. The van der Waals surface area contributed by atoms with Gasteiger partial charge in [0.05, 0.1) is 0 Å². The molecule has 1 aromatic rings. The van der Waals surface area contributed by atoms with E-state index in [0.29, 0.717) is 11.8 Å². The fourth-order valence-corrected chi connectivity index (χ4v) is 1.16. The molecular weight excluding hydrogens is 182 g/mol. The number of hydrogen-bond acceptors (Lipinski definition) is 4. The van der Waals surface area contributed by atoms with E-state index >= 15 is 0 Å². The number of ether oxygens (including phenoxy) is 1. The molecule has 0 bridgehead atoms. The molecule has 1 unspecified atom stereocenters. The van der Waals surface area contributed by atoms with Crippen molar-refractivity contribution in [2.24, 2.45) is 4.99 Å². The van der Waals surface area contributed by atoms with E-state index in [1.807, 2.05) is 6.07 Å². The minimum atomic E-state index is -0.995. The molecule has 0 aliphatic carbocycles. The maximum absolute atomic E-state index is 11.0. The van der Waals surface area contributed by atoms with Gasteiger partial charge in [-0.15, -0.1) is 0 Å². The highest BCUT2D eigenvalue weighted by atomic mass is 16.6. The summed E-state index contributed by atoms with van der Waals surface area (Å²) < 4.78 is 4.83. The van der Waals surface area contributed by atoms with Gasteiger partial charge in [-0.25, -0.2) is 9.79 Å². The molecule has 1 aliphatic rings. The standard InChI is InChI=1S/C10H7NO3/c12-6-8-10(13)14-9(11-8)7-4-2-1-3-5-7/h1-6,8H. The van der Waals surface area contributed by atoms with Gasteiger partial charge in [0, 0.05) is 5.56 Å². The van der Waals surface area contributed by atoms with E-state index in [4.69, 9.17) is 4.74 Å². The smallest absolute Gasteiger partial charge is 0.345 e. The first kappa shape index (κ1) is 8.62. The molecule has 0 radical (unpaired) electrons. The van der Waals surface area contributed by atoms with Gasteiger partial charge in [-0.2, -0.15) is 0 Å². The molecule has 1 atom stereocenters. The maximum atomic E-state index is 11.0. The van der Waals surface area contributed by atoms with Gasteiger partial charge in [0.25, 0.3) is 0 Å². The van der Waals surface area contributed by atoms with Crippen LogP contribution >= 0.6 is 0 Å². The number of aliphatic imine (C=N–C) groups is 1. The summed E-state index contributed by atoms with van der Waals surface area (Å²) in [4.78, 5) is 25.2. The third-order valence-corrected chi connectivity index (χ3v) is 1.84. The lowest BCUT2D eigenvalue weighted by Crippen LogP contribution is -2.15. The van der Waals surface area contributed by atoms with Crippen molar-refractivity contribution in [1.82, 2.24) is 0 Å². The average Bonchev–Trinajstić information content (AvgIpc) is 2.61. The van der Waals surface area contributed by atoms with E-state index < -0.39 is 12.0 Å². The molecule has 0 N–H and O–H groups in total. The number of carbonyl (C=O) groups excluding carboxylic acids is 2. The van der Waals surface area contributed by atoms with Crippen LogP contribution in [0.25, 0.3) is 0 Å². The molecule has 1 aromatic carbocycles. The highest BCUT2D eigenvalue weighted by Crippen LogP contribution is 2.11. The number of rotatable bonds is 2. The summed E-state index contributed by atoms with van der Waals surface area (Å²) in [5.41, 5.74) is 0.699. The monoisotopic (exact) mass is 189 g/mol. The van der Waals surface area contributed by atoms with E-state index in [2.05, 4.69) is 4.99 Å². The van der Waals surface area contributed by atoms with Crippen molar-refractivity contribution in [3.05, 3.63) is 35.9 Å². The third kappa shape index (κ3) is 1.42. The van der Waals surface area contributed by atoms with Crippen molar-refractivity contribution in [1.29, 1.82) is 0 Å². The molecule has 0 aromatic heterocycles. The summed E-state index contributed by atoms with van der Waals surface area (Å²) in [6.45, 7) is 0. The minimum absolute atomic E-state index is 0.215. The van der Waals surface area contributed by atoms with Crippen LogP contribution in [0.3, 0.4) is 0 Å². The Morgan fingerprint density at radius 2 is 2.00 bits per heavy atom. The number of nitrogens with zero attached hydrogens (tertiary/aromatic N) is 1. The third-order valence-electron chi connectivity index (χ3n) is 1.84. The molecule has 1 aliphatic heterocycles. The molecule has 4 nitrogen and oxygen atoms in total. The first-order valence-corrected chi connectivity index (χ1v) is 4.11. The summed E-state index contributed by atoms with van der Waals surface area (Å²) in [6.07, 6.45) is 0.471. The molecule has 0 saturated carbocycles. The molecule has 1 heterocycles. The van der Waals surface area contributed by atoms with Crippen molar-refractivity contribution in [2.75, 3.05) is 0 Å². The number of esters is 1. The van der Waals surface area contributed by atoms with Crippen LogP contribution in [-0.2, 0) is 14.3 Å². The highest BCUT2D eigenvalue weighted by Gasteiger charge is 2.28. The van der Waals surface area contributed by atoms with Crippen LogP contribution in [0.2, 0.25) is 0 Å². The SMILES string of the molecule is O=CC1N=C(c2ccccc2)OC1=O. The average molecular weight is 189 g/mol. The molecule has 0 fully saturated rings. The fourth-order valence-electron chi connectivity index (χ4n) is 1.16. The Bertz CT molecular complexity index is 397. The Hall–Kier alpha value is -1.97. The van der Waals surface area contributed by atoms with Gasteiger partial charge in [-0.3, -0.25) is 0 Å². The second-order valence-electron chi connectivity index (χ2n) is 2.80. The van der Waals surface area contributed by atoms with E-state index in [9.17, 15) is 9.59 Å². The summed E-state index contributed by atoms with van der Waals surface area (Å²) in [5.74, 6) is -0.397. The topological polar surface area (TPSA) is 55.7 Å². The van der Waals surface area contributed by atoms with Crippen LogP contribution in [0.15, 0.2) is 35.3 Å². The van der Waals surface area contributed by atoms with Gasteiger partial charge in [-0.05, 0) is 12.1 Å². The number of cyclic esters (lactones) is 1. The fraction of sp³-hybridized carbons (Fsp3) is 0.100. The number of benzene rings is 1. The highest BCUT2D eigenvalue weighted by molar-refractivity contribution is 6.10. The van der Waals surface area contributed by atoms with Gasteiger partial charge in [0.1, 0.15) is 0 Å². The molecule has 0 saturated heterocycles. The van der Waals surface area contributed by atoms with Crippen molar-refractivity contribution in [3.63, 3.8) is 0 Å². The lowest BCUT2D eigenvalue weighted by atomic mass is 10.2. The predicted octanol–water partition coefficient (Wildman–Crippen LogP) is 0.557. The Morgan fingerprint density at radius 1 is 1.29 bits per heavy atom. The second kappa shape index (κ2) is 3.41. The first-order chi connectivity index (χ1) is 6.81. The van der Waals surface area contributed by atoms with Gasteiger partial charge in [0.2, 0.25) is 11.9 Å². The van der Waals surface area contributed by atoms with Gasteiger partial charge < -0.3 is 9.53 Å². The zero-order chi connectivity index (χ0) is 9.97. The van der Waals surface area contributed by atoms with Crippen LogP contribution in [0.5, 0.6) is 0 Å². The van der Waals surface area contributed by atoms with Crippen molar-refractivity contribution >= 4 is 18.2 Å². The lowest BCUT2D eigenvalue weighted by molar-refractivity contribution is -0.136. The normalized spacial score (nSPS) is 20.1. The van der Waals surface area contributed by atoms with Crippen LogP contribution in [0, 0.1) is 0 Å². The summed E-state index contributed by atoms with van der Waals surface area (Å²) in [5, 5.41) is 0. The molecule has 14 heavy (non-hydrogen) atoms.